The van der Waals surface area contributed by atoms with Crippen LogP contribution in [0.15, 0.2) is 138 Å². The molecule has 0 aliphatic carbocycles. The fraction of sp³-hybridized carbons (Fsp3) is 0.0256. The van der Waals surface area contributed by atoms with Crippen LogP contribution in [-0.4, -0.2) is 23.7 Å². The van der Waals surface area contributed by atoms with Crippen LogP contribution >= 0.6 is 0 Å². The van der Waals surface area contributed by atoms with Gasteiger partial charge >= 0.3 is 0 Å². The standard InChI is InChI=1S/C39H25N5O/c1-42-21-20-41-39(42)24-13-15-27-26-8-2-4-10-31(26)43(32(27)22-24)25-14-16-28-29-17-18-35-37(30-9-3-5-11-34(30)45-35)38(29)44(33(28)23-25)36-12-6-7-19-40-36/h2-23H,1H3. The Morgan fingerprint density at radius 3 is 2.18 bits per heavy atom. The average Bonchev–Trinajstić information content (AvgIpc) is 3.84. The molecule has 6 nitrogen and oxygen atoms in total. The number of benzene rings is 5. The van der Waals surface area contributed by atoms with Gasteiger partial charge in [0.1, 0.15) is 22.8 Å². The van der Waals surface area contributed by atoms with E-state index in [1.54, 1.807) is 0 Å². The Bertz CT molecular complexity index is 2780. The zero-order valence-electron chi connectivity index (χ0n) is 24.3. The van der Waals surface area contributed by atoms with Gasteiger partial charge in [-0.2, -0.15) is 0 Å². The number of hydrogen-bond acceptors (Lipinski definition) is 3. The topological polar surface area (TPSA) is 53.7 Å². The van der Waals surface area contributed by atoms with Gasteiger partial charge in [0.15, 0.2) is 0 Å². The Labute approximate surface area is 257 Å². The molecule has 10 aromatic rings. The number of aromatic nitrogens is 5. The first-order valence-electron chi connectivity index (χ1n) is 15.1. The first-order chi connectivity index (χ1) is 22.2. The molecule has 0 unspecified atom stereocenters. The molecule has 6 heteroatoms. The van der Waals surface area contributed by atoms with Gasteiger partial charge in [0.05, 0.1) is 27.5 Å². The summed E-state index contributed by atoms with van der Waals surface area (Å²) < 4.78 is 13.1. The summed E-state index contributed by atoms with van der Waals surface area (Å²) >= 11 is 0. The normalized spacial score (nSPS) is 12.1. The molecule has 0 N–H and O–H groups in total. The second kappa shape index (κ2) is 8.94. The summed E-state index contributed by atoms with van der Waals surface area (Å²) in [5, 5.41) is 6.96. The van der Waals surface area contributed by atoms with Gasteiger partial charge in [0, 0.05) is 63.8 Å². The first kappa shape index (κ1) is 24.3. The second-order valence-electron chi connectivity index (χ2n) is 11.6. The largest absolute Gasteiger partial charge is 0.456 e. The van der Waals surface area contributed by atoms with Crippen molar-refractivity contribution in [2.75, 3.05) is 0 Å². The van der Waals surface area contributed by atoms with E-state index in [0.29, 0.717) is 0 Å². The molecular formula is C39H25N5O. The highest BCUT2D eigenvalue weighted by atomic mass is 16.3. The van der Waals surface area contributed by atoms with Crippen molar-refractivity contribution in [1.82, 2.24) is 23.7 Å². The zero-order chi connectivity index (χ0) is 29.6. The summed E-state index contributed by atoms with van der Waals surface area (Å²) in [6, 6.07) is 40.7. The lowest BCUT2D eigenvalue weighted by atomic mass is 10.1. The summed E-state index contributed by atoms with van der Waals surface area (Å²) in [5.41, 5.74) is 8.40. The predicted molar refractivity (Wildman–Crippen MR) is 182 cm³/mol. The molecule has 5 aromatic heterocycles. The van der Waals surface area contributed by atoms with Crippen molar-refractivity contribution < 1.29 is 4.42 Å². The van der Waals surface area contributed by atoms with Crippen LogP contribution in [0.2, 0.25) is 0 Å². The molecule has 5 heterocycles. The van der Waals surface area contributed by atoms with Crippen LogP contribution in [0.1, 0.15) is 0 Å². The molecule has 45 heavy (non-hydrogen) atoms. The SMILES string of the molecule is Cn1ccnc1-c1ccc2c3ccccc3n(-c3ccc4c5ccc6oc7ccccc7c6c5n(-c5ccccn5)c4c3)c2c1. The third kappa shape index (κ3) is 3.33. The third-order valence-electron chi connectivity index (χ3n) is 9.14. The van der Waals surface area contributed by atoms with E-state index >= 15 is 0 Å². The Kier molecular flexibility index (Phi) is 4.83. The van der Waals surface area contributed by atoms with Crippen LogP contribution in [0.5, 0.6) is 0 Å². The Morgan fingerprint density at radius 2 is 1.31 bits per heavy atom. The van der Waals surface area contributed by atoms with Crippen LogP contribution < -0.4 is 0 Å². The zero-order valence-corrected chi connectivity index (χ0v) is 24.3. The number of nitrogens with zero attached hydrogens (tertiary/aromatic N) is 5. The summed E-state index contributed by atoms with van der Waals surface area (Å²) in [4.78, 5) is 9.49. The molecule has 10 rings (SSSR count). The molecule has 0 saturated carbocycles. The van der Waals surface area contributed by atoms with Gasteiger partial charge in [-0.3, -0.25) is 4.57 Å². The maximum Gasteiger partial charge on any atom is 0.139 e. The number of imidazole rings is 1. The average molecular weight is 580 g/mol. The molecule has 0 fully saturated rings. The van der Waals surface area contributed by atoms with E-state index in [0.717, 1.165) is 66.9 Å². The lowest BCUT2D eigenvalue weighted by Gasteiger charge is -2.11. The molecule has 0 aliphatic rings. The van der Waals surface area contributed by atoms with Crippen LogP contribution in [0, 0.1) is 0 Å². The fourth-order valence-electron chi connectivity index (χ4n) is 7.20. The van der Waals surface area contributed by atoms with Crippen molar-refractivity contribution in [3.8, 4) is 22.9 Å². The minimum Gasteiger partial charge on any atom is -0.456 e. The fourth-order valence-corrected chi connectivity index (χ4v) is 7.20. The van der Waals surface area contributed by atoms with E-state index in [1.165, 1.54) is 21.5 Å². The van der Waals surface area contributed by atoms with E-state index in [9.17, 15) is 0 Å². The van der Waals surface area contributed by atoms with Crippen molar-refractivity contribution in [3.05, 3.63) is 134 Å². The highest BCUT2D eigenvalue weighted by Gasteiger charge is 2.21. The van der Waals surface area contributed by atoms with Crippen LogP contribution in [-0.2, 0) is 7.05 Å². The van der Waals surface area contributed by atoms with Crippen molar-refractivity contribution in [3.63, 3.8) is 0 Å². The minimum atomic E-state index is 0.867. The van der Waals surface area contributed by atoms with Crippen molar-refractivity contribution >= 4 is 65.6 Å². The highest BCUT2D eigenvalue weighted by Crippen LogP contribution is 2.42. The highest BCUT2D eigenvalue weighted by molar-refractivity contribution is 6.24. The van der Waals surface area contributed by atoms with Gasteiger partial charge in [-0.25, -0.2) is 9.97 Å². The molecule has 0 bridgehead atoms. The molecular weight excluding hydrogens is 554 g/mol. The van der Waals surface area contributed by atoms with E-state index in [2.05, 4.69) is 110 Å². The van der Waals surface area contributed by atoms with E-state index in [4.69, 9.17) is 9.40 Å². The third-order valence-corrected chi connectivity index (χ3v) is 9.14. The lowest BCUT2D eigenvalue weighted by molar-refractivity contribution is 0.669. The Morgan fingerprint density at radius 1 is 0.556 bits per heavy atom. The summed E-state index contributed by atoms with van der Waals surface area (Å²) in [7, 11) is 2.03. The molecule has 0 atom stereocenters. The molecule has 5 aromatic carbocycles. The lowest BCUT2D eigenvalue weighted by Crippen LogP contribution is -1.99. The summed E-state index contributed by atoms with van der Waals surface area (Å²) in [6.45, 7) is 0. The van der Waals surface area contributed by atoms with Gasteiger partial charge in [0.2, 0.25) is 0 Å². The number of pyridine rings is 1. The molecule has 212 valence electrons. The number of para-hydroxylation sites is 2. The quantitative estimate of drug-likeness (QED) is 0.209. The Balaban J connectivity index is 1.34. The number of hydrogen-bond donors (Lipinski definition) is 0. The van der Waals surface area contributed by atoms with Crippen molar-refractivity contribution in [2.45, 2.75) is 0 Å². The second-order valence-corrected chi connectivity index (χ2v) is 11.6. The van der Waals surface area contributed by atoms with Gasteiger partial charge in [-0.15, -0.1) is 0 Å². The smallest absolute Gasteiger partial charge is 0.139 e. The molecule has 0 aliphatic heterocycles. The van der Waals surface area contributed by atoms with Gasteiger partial charge in [-0.05, 0) is 54.6 Å². The molecule has 0 spiro atoms. The monoisotopic (exact) mass is 579 g/mol. The van der Waals surface area contributed by atoms with Crippen molar-refractivity contribution in [2.24, 2.45) is 7.05 Å². The molecule has 0 saturated heterocycles. The summed E-state index contributed by atoms with van der Waals surface area (Å²) in [6.07, 6.45) is 5.69. The maximum atomic E-state index is 6.33. The van der Waals surface area contributed by atoms with E-state index in [1.807, 2.05) is 49.9 Å². The number of rotatable bonds is 3. The maximum absolute atomic E-state index is 6.33. The first-order valence-corrected chi connectivity index (χ1v) is 15.1. The Hall–Kier alpha value is -6.14. The van der Waals surface area contributed by atoms with Gasteiger partial charge in [0.25, 0.3) is 0 Å². The number of fused-ring (bicyclic) bond motifs is 10. The molecule has 0 radical (unpaired) electrons. The van der Waals surface area contributed by atoms with Crippen LogP contribution in [0.3, 0.4) is 0 Å². The van der Waals surface area contributed by atoms with Crippen LogP contribution in [0.25, 0.3) is 88.4 Å². The number of aryl methyl sites for hydroxylation is 1. The van der Waals surface area contributed by atoms with Gasteiger partial charge in [-0.1, -0.05) is 60.7 Å². The predicted octanol–water partition coefficient (Wildman–Crippen LogP) is 9.58. The van der Waals surface area contributed by atoms with E-state index in [-0.39, 0.29) is 0 Å². The van der Waals surface area contributed by atoms with Crippen LogP contribution in [0.4, 0.5) is 0 Å². The summed E-state index contributed by atoms with van der Waals surface area (Å²) in [5.74, 6) is 1.81. The minimum absolute atomic E-state index is 0.867. The van der Waals surface area contributed by atoms with E-state index < -0.39 is 0 Å². The number of furan rings is 1. The van der Waals surface area contributed by atoms with Gasteiger partial charge < -0.3 is 13.6 Å². The molecule has 0 amide bonds. The van der Waals surface area contributed by atoms with Crippen molar-refractivity contribution in [1.29, 1.82) is 0 Å².